The summed E-state index contributed by atoms with van der Waals surface area (Å²) in [5.41, 5.74) is 0.963. The Hall–Kier alpha value is -1.85. The molecule has 0 aromatic carbocycles. The molecule has 1 aromatic heterocycles. The van der Waals surface area contributed by atoms with Gasteiger partial charge in [0, 0.05) is 25.2 Å². The molecule has 6 nitrogen and oxygen atoms in total. The molecule has 22 heavy (non-hydrogen) atoms. The summed E-state index contributed by atoms with van der Waals surface area (Å²) < 4.78 is 1.82. The van der Waals surface area contributed by atoms with Crippen molar-refractivity contribution < 1.29 is 9.59 Å². The van der Waals surface area contributed by atoms with E-state index in [-0.39, 0.29) is 23.8 Å². The van der Waals surface area contributed by atoms with Crippen LogP contribution in [0.15, 0.2) is 12.3 Å². The predicted octanol–water partition coefficient (Wildman–Crippen LogP) is 1.04. The summed E-state index contributed by atoms with van der Waals surface area (Å²) in [4.78, 5) is 29.2. The zero-order valence-electron chi connectivity index (χ0n) is 12.9. The second kappa shape index (κ2) is 5.11. The summed E-state index contributed by atoms with van der Waals surface area (Å²) in [5, 5.41) is 4.33. The van der Waals surface area contributed by atoms with E-state index in [1.807, 2.05) is 20.5 Å². The molecule has 0 unspecified atom stereocenters. The number of likely N-dealkylation sites (tertiary alicyclic amines) is 1. The van der Waals surface area contributed by atoms with E-state index in [0.29, 0.717) is 19.0 Å². The second-order valence-electron chi connectivity index (χ2n) is 6.85. The van der Waals surface area contributed by atoms with Crippen LogP contribution in [0.3, 0.4) is 0 Å². The third-order valence-electron chi connectivity index (χ3n) is 5.23. The number of hydrogen-bond acceptors (Lipinski definition) is 3. The SMILES string of the molecule is C[C@@H]1C[C@H]1C(=O)N1Cc2ccnn2[C@H](C(=O)N2CCCC2)C1. The lowest BCUT2D eigenvalue weighted by Gasteiger charge is -2.35. The maximum atomic E-state index is 12.8. The van der Waals surface area contributed by atoms with E-state index in [1.54, 1.807) is 6.20 Å². The van der Waals surface area contributed by atoms with Crippen molar-refractivity contribution in [2.45, 2.75) is 38.8 Å². The Morgan fingerprint density at radius 3 is 2.59 bits per heavy atom. The average Bonchev–Trinajstić information content (AvgIpc) is 2.99. The molecule has 3 atom stereocenters. The largest absolute Gasteiger partial charge is 0.341 e. The number of carbonyl (C=O) groups excluding carboxylic acids is 2. The maximum Gasteiger partial charge on any atom is 0.249 e. The molecule has 3 heterocycles. The summed E-state index contributed by atoms with van der Waals surface area (Å²) in [6.45, 7) is 4.82. The first-order chi connectivity index (χ1) is 10.6. The summed E-state index contributed by atoms with van der Waals surface area (Å²) in [5.74, 6) is 0.979. The van der Waals surface area contributed by atoms with Crippen LogP contribution in [0.2, 0.25) is 0 Å². The van der Waals surface area contributed by atoms with Gasteiger partial charge in [-0.3, -0.25) is 14.3 Å². The van der Waals surface area contributed by atoms with E-state index in [4.69, 9.17) is 0 Å². The molecular formula is C16H22N4O2. The van der Waals surface area contributed by atoms with Gasteiger partial charge in [0.05, 0.1) is 18.8 Å². The highest BCUT2D eigenvalue weighted by Gasteiger charge is 2.44. The van der Waals surface area contributed by atoms with Crippen molar-refractivity contribution in [2.24, 2.45) is 11.8 Å². The smallest absolute Gasteiger partial charge is 0.249 e. The van der Waals surface area contributed by atoms with Crippen molar-refractivity contribution in [3.05, 3.63) is 18.0 Å². The van der Waals surface area contributed by atoms with Crippen molar-refractivity contribution in [2.75, 3.05) is 19.6 Å². The minimum atomic E-state index is -0.352. The van der Waals surface area contributed by atoms with Crippen molar-refractivity contribution in [1.29, 1.82) is 0 Å². The Labute approximate surface area is 130 Å². The molecule has 6 heteroatoms. The molecule has 2 fully saturated rings. The molecule has 118 valence electrons. The third kappa shape index (κ3) is 2.21. The Balaban J connectivity index is 1.57. The normalized spacial score (nSPS) is 30.3. The number of amides is 2. The quantitative estimate of drug-likeness (QED) is 0.820. The molecule has 2 amide bonds. The summed E-state index contributed by atoms with van der Waals surface area (Å²) in [6.07, 6.45) is 4.87. The van der Waals surface area contributed by atoms with Crippen LogP contribution in [-0.2, 0) is 16.1 Å². The zero-order chi connectivity index (χ0) is 15.3. The molecule has 0 spiro atoms. The van der Waals surface area contributed by atoms with Gasteiger partial charge in [0.2, 0.25) is 11.8 Å². The highest BCUT2D eigenvalue weighted by atomic mass is 16.2. The highest BCUT2D eigenvalue weighted by Crippen LogP contribution is 2.40. The number of fused-ring (bicyclic) bond motifs is 1. The molecule has 3 aliphatic rings. The lowest BCUT2D eigenvalue weighted by molar-refractivity contribution is -0.140. The Bertz CT molecular complexity index is 605. The molecule has 1 saturated heterocycles. The van der Waals surface area contributed by atoms with Gasteiger partial charge in [-0.05, 0) is 31.2 Å². The monoisotopic (exact) mass is 302 g/mol. The van der Waals surface area contributed by atoms with Crippen molar-refractivity contribution in [3.8, 4) is 0 Å². The van der Waals surface area contributed by atoms with Gasteiger partial charge >= 0.3 is 0 Å². The third-order valence-corrected chi connectivity index (χ3v) is 5.23. The fourth-order valence-electron chi connectivity index (χ4n) is 3.69. The minimum Gasteiger partial charge on any atom is -0.341 e. The number of carbonyl (C=O) groups is 2. The van der Waals surface area contributed by atoms with Gasteiger partial charge < -0.3 is 9.80 Å². The molecule has 2 aliphatic heterocycles. The van der Waals surface area contributed by atoms with Crippen LogP contribution < -0.4 is 0 Å². The molecule has 1 saturated carbocycles. The molecule has 1 aliphatic carbocycles. The number of hydrogen-bond donors (Lipinski definition) is 0. The van der Waals surface area contributed by atoms with Crippen LogP contribution in [0, 0.1) is 11.8 Å². The van der Waals surface area contributed by atoms with E-state index >= 15 is 0 Å². The van der Waals surface area contributed by atoms with Gasteiger partial charge in [-0.1, -0.05) is 6.92 Å². The first-order valence-corrected chi connectivity index (χ1v) is 8.25. The van der Waals surface area contributed by atoms with Crippen molar-refractivity contribution in [3.63, 3.8) is 0 Å². The summed E-state index contributed by atoms with van der Waals surface area (Å²) in [6, 6.07) is 1.56. The average molecular weight is 302 g/mol. The lowest BCUT2D eigenvalue weighted by Crippen LogP contribution is -2.48. The number of aromatic nitrogens is 2. The van der Waals surface area contributed by atoms with Crippen molar-refractivity contribution in [1.82, 2.24) is 19.6 Å². The van der Waals surface area contributed by atoms with Crippen LogP contribution in [-0.4, -0.2) is 51.0 Å². The van der Waals surface area contributed by atoms with E-state index in [1.165, 1.54) is 0 Å². The maximum absolute atomic E-state index is 12.8. The molecule has 4 rings (SSSR count). The molecule has 1 aromatic rings. The van der Waals surface area contributed by atoms with Gasteiger partial charge in [0.1, 0.15) is 6.04 Å². The van der Waals surface area contributed by atoms with Crippen LogP contribution in [0.5, 0.6) is 0 Å². The Morgan fingerprint density at radius 1 is 1.18 bits per heavy atom. The zero-order valence-corrected chi connectivity index (χ0v) is 12.9. The van der Waals surface area contributed by atoms with Crippen LogP contribution in [0.4, 0.5) is 0 Å². The number of nitrogens with zero attached hydrogens (tertiary/aromatic N) is 4. The molecule has 0 N–H and O–H groups in total. The number of rotatable bonds is 2. The fourth-order valence-corrected chi connectivity index (χ4v) is 3.69. The first-order valence-electron chi connectivity index (χ1n) is 8.25. The van der Waals surface area contributed by atoms with Gasteiger partial charge in [0.15, 0.2) is 0 Å². The van der Waals surface area contributed by atoms with Crippen LogP contribution >= 0.6 is 0 Å². The Kier molecular flexibility index (Phi) is 3.20. The van der Waals surface area contributed by atoms with Crippen LogP contribution in [0.1, 0.15) is 37.9 Å². The lowest BCUT2D eigenvalue weighted by atomic mass is 10.1. The second-order valence-corrected chi connectivity index (χ2v) is 6.85. The van der Waals surface area contributed by atoms with E-state index in [2.05, 4.69) is 12.0 Å². The Morgan fingerprint density at radius 2 is 1.91 bits per heavy atom. The highest BCUT2D eigenvalue weighted by molar-refractivity contribution is 5.85. The molecular weight excluding hydrogens is 280 g/mol. The fraction of sp³-hybridized carbons (Fsp3) is 0.688. The van der Waals surface area contributed by atoms with E-state index in [0.717, 1.165) is 38.0 Å². The van der Waals surface area contributed by atoms with Gasteiger partial charge in [-0.15, -0.1) is 0 Å². The van der Waals surface area contributed by atoms with E-state index < -0.39 is 0 Å². The molecule has 0 bridgehead atoms. The van der Waals surface area contributed by atoms with Gasteiger partial charge in [-0.25, -0.2) is 0 Å². The van der Waals surface area contributed by atoms with Gasteiger partial charge in [0.25, 0.3) is 0 Å². The van der Waals surface area contributed by atoms with Gasteiger partial charge in [-0.2, -0.15) is 5.10 Å². The predicted molar refractivity (Wildman–Crippen MR) is 79.8 cm³/mol. The van der Waals surface area contributed by atoms with Crippen LogP contribution in [0.25, 0.3) is 0 Å². The standard InChI is InChI=1S/C16H22N4O2/c1-11-8-13(11)15(21)19-9-12-4-5-17-20(12)14(10-19)16(22)18-6-2-3-7-18/h4-5,11,13-14H,2-3,6-10H2,1H3/t11-,13-,14+/m1/s1. The summed E-state index contributed by atoms with van der Waals surface area (Å²) >= 11 is 0. The summed E-state index contributed by atoms with van der Waals surface area (Å²) in [7, 11) is 0. The topological polar surface area (TPSA) is 58.4 Å². The molecule has 0 radical (unpaired) electrons. The van der Waals surface area contributed by atoms with Crippen molar-refractivity contribution >= 4 is 11.8 Å². The minimum absolute atomic E-state index is 0.115. The van der Waals surface area contributed by atoms with E-state index in [9.17, 15) is 9.59 Å². The first kappa shape index (κ1) is 13.8.